The van der Waals surface area contributed by atoms with E-state index in [2.05, 4.69) is 38.9 Å². The first-order valence-corrected chi connectivity index (χ1v) is 9.87. The summed E-state index contributed by atoms with van der Waals surface area (Å²) in [5, 5.41) is 3.28. The van der Waals surface area contributed by atoms with Crippen LogP contribution in [-0.2, 0) is 6.54 Å². The second-order valence-electron chi connectivity index (χ2n) is 6.63. The van der Waals surface area contributed by atoms with Crippen molar-refractivity contribution in [3.63, 3.8) is 0 Å². The SMILES string of the molecule is Cl.Cl.NC(=Nc1ccc2ccn(CCN3CCCCC3)c2c1)c1cccs1. The van der Waals surface area contributed by atoms with Crippen LogP contribution in [0.3, 0.4) is 0 Å². The average molecular weight is 425 g/mol. The predicted octanol–water partition coefficient (Wildman–Crippen LogP) is 5.07. The van der Waals surface area contributed by atoms with E-state index in [0.29, 0.717) is 5.84 Å². The van der Waals surface area contributed by atoms with E-state index in [-0.39, 0.29) is 24.8 Å². The van der Waals surface area contributed by atoms with Crippen LogP contribution in [0.1, 0.15) is 24.1 Å². The van der Waals surface area contributed by atoms with Crippen LogP contribution in [0.4, 0.5) is 5.69 Å². The lowest BCUT2D eigenvalue weighted by atomic mass is 10.1. The topological polar surface area (TPSA) is 46.5 Å². The van der Waals surface area contributed by atoms with Gasteiger partial charge < -0.3 is 15.2 Å². The van der Waals surface area contributed by atoms with Gasteiger partial charge in [-0.2, -0.15) is 0 Å². The third-order valence-electron chi connectivity index (χ3n) is 4.89. The van der Waals surface area contributed by atoms with Gasteiger partial charge in [0, 0.05) is 19.3 Å². The minimum atomic E-state index is 0. The fourth-order valence-electron chi connectivity index (χ4n) is 3.49. The van der Waals surface area contributed by atoms with Crippen LogP contribution >= 0.6 is 36.2 Å². The van der Waals surface area contributed by atoms with E-state index in [4.69, 9.17) is 5.73 Å². The Bertz CT molecular complexity index is 867. The summed E-state index contributed by atoms with van der Waals surface area (Å²) in [6, 6.07) is 12.5. The zero-order valence-electron chi connectivity index (χ0n) is 15.2. The molecule has 0 aliphatic carbocycles. The van der Waals surface area contributed by atoms with Crippen molar-refractivity contribution in [3.8, 4) is 0 Å². The summed E-state index contributed by atoms with van der Waals surface area (Å²) in [6.07, 6.45) is 6.25. The third kappa shape index (κ3) is 5.26. The van der Waals surface area contributed by atoms with Crippen molar-refractivity contribution >= 4 is 58.6 Å². The number of aromatic nitrogens is 1. The van der Waals surface area contributed by atoms with Crippen LogP contribution in [0.5, 0.6) is 0 Å². The molecular formula is C20H26Cl2N4S. The zero-order valence-corrected chi connectivity index (χ0v) is 17.7. The number of piperidine rings is 1. The highest BCUT2D eigenvalue weighted by Gasteiger charge is 2.10. The number of fused-ring (bicyclic) bond motifs is 1. The minimum absolute atomic E-state index is 0. The molecule has 0 bridgehead atoms. The molecule has 1 aliphatic heterocycles. The van der Waals surface area contributed by atoms with E-state index < -0.39 is 0 Å². The Morgan fingerprint density at radius 1 is 1.04 bits per heavy atom. The number of likely N-dealkylation sites (tertiary alicyclic amines) is 1. The van der Waals surface area contributed by atoms with Gasteiger partial charge in [0.05, 0.1) is 16.1 Å². The van der Waals surface area contributed by atoms with Crippen molar-refractivity contribution in [3.05, 3.63) is 52.9 Å². The molecule has 3 aromatic rings. The second-order valence-corrected chi connectivity index (χ2v) is 7.58. The first kappa shape index (κ1) is 21.8. The van der Waals surface area contributed by atoms with Gasteiger partial charge in [-0.15, -0.1) is 36.2 Å². The van der Waals surface area contributed by atoms with Gasteiger partial charge in [0.1, 0.15) is 5.84 Å². The van der Waals surface area contributed by atoms with Gasteiger partial charge in [0.2, 0.25) is 0 Å². The highest BCUT2D eigenvalue weighted by atomic mass is 35.5. The molecule has 146 valence electrons. The molecule has 2 N–H and O–H groups in total. The molecule has 0 unspecified atom stereocenters. The number of hydrogen-bond acceptors (Lipinski definition) is 3. The number of rotatable bonds is 5. The smallest absolute Gasteiger partial charge is 0.141 e. The normalized spacial score (nSPS) is 15.3. The maximum absolute atomic E-state index is 6.13. The van der Waals surface area contributed by atoms with E-state index in [1.165, 1.54) is 43.3 Å². The largest absolute Gasteiger partial charge is 0.383 e. The van der Waals surface area contributed by atoms with Crippen molar-refractivity contribution in [1.29, 1.82) is 0 Å². The molecule has 3 heterocycles. The Kier molecular flexibility index (Phi) is 8.17. The number of halogens is 2. The van der Waals surface area contributed by atoms with Crippen molar-refractivity contribution in [1.82, 2.24) is 9.47 Å². The van der Waals surface area contributed by atoms with Crippen molar-refractivity contribution in [2.24, 2.45) is 10.7 Å². The molecule has 0 amide bonds. The Labute approximate surface area is 176 Å². The monoisotopic (exact) mass is 424 g/mol. The molecule has 7 heteroatoms. The van der Waals surface area contributed by atoms with Crippen LogP contribution in [-0.4, -0.2) is 34.9 Å². The maximum Gasteiger partial charge on any atom is 0.141 e. The molecular weight excluding hydrogens is 399 g/mol. The highest BCUT2D eigenvalue weighted by molar-refractivity contribution is 7.12. The van der Waals surface area contributed by atoms with Crippen LogP contribution in [0.2, 0.25) is 0 Å². The number of aliphatic imine (C=N–C) groups is 1. The lowest BCUT2D eigenvalue weighted by Crippen LogP contribution is -2.32. The molecule has 0 spiro atoms. The van der Waals surface area contributed by atoms with Crippen molar-refractivity contribution in [2.75, 3.05) is 19.6 Å². The predicted molar refractivity (Wildman–Crippen MR) is 121 cm³/mol. The molecule has 1 fully saturated rings. The third-order valence-corrected chi connectivity index (χ3v) is 5.78. The molecule has 27 heavy (non-hydrogen) atoms. The number of amidine groups is 1. The van der Waals surface area contributed by atoms with E-state index in [1.807, 2.05) is 23.6 Å². The lowest BCUT2D eigenvalue weighted by Gasteiger charge is -2.26. The van der Waals surface area contributed by atoms with Gasteiger partial charge in [-0.3, -0.25) is 0 Å². The second kappa shape index (κ2) is 10.1. The lowest BCUT2D eigenvalue weighted by molar-refractivity contribution is 0.221. The highest BCUT2D eigenvalue weighted by Crippen LogP contribution is 2.23. The number of nitrogens with two attached hydrogens (primary N) is 1. The zero-order chi connectivity index (χ0) is 17.1. The first-order chi connectivity index (χ1) is 12.3. The van der Waals surface area contributed by atoms with Gasteiger partial charge in [-0.25, -0.2) is 4.99 Å². The molecule has 0 radical (unpaired) electrons. The van der Waals surface area contributed by atoms with Gasteiger partial charge >= 0.3 is 0 Å². The molecule has 1 saturated heterocycles. The summed E-state index contributed by atoms with van der Waals surface area (Å²) in [4.78, 5) is 8.19. The number of nitrogens with zero attached hydrogens (tertiary/aromatic N) is 3. The van der Waals surface area contributed by atoms with E-state index in [0.717, 1.165) is 23.7 Å². The number of hydrogen-bond donors (Lipinski definition) is 1. The van der Waals surface area contributed by atoms with Crippen LogP contribution in [0, 0.1) is 0 Å². The Balaban J connectivity index is 0.00000131. The number of thiophene rings is 1. The summed E-state index contributed by atoms with van der Waals surface area (Å²) in [5.74, 6) is 0.584. The maximum atomic E-state index is 6.13. The van der Waals surface area contributed by atoms with E-state index in [1.54, 1.807) is 11.3 Å². The fraction of sp³-hybridized carbons (Fsp3) is 0.350. The summed E-state index contributed by atoms with van der Waals surface area (Å²) >= 11 is 1.62. The molecule has 2 aromatic heterocycles. The Hall–Kier alpha value is -1.53. The quantitative estimate of drug-likeness (QED) is 0.458. The Morgan fingerprint density at radius 2 is 1.85 bits per heavy atom. The van der Waals surface area contributed by atoms with Crippen molar-refractivity contribution < 1.29 is 0 Å². The first-order valence-electron chi connectivity index (χ1n) is 8.99. The van der Waals surface area contributed by atoms with Crippen LogP contribution in [0.25, 0.3) is 10.9 Å². The number of benzene rings is 1. The molecule has 1 aliphatic rings. The molecule has 0 atom stereocenters. The molecule has 1 aromatic carbocycles. The fourth-order valence-corrected chi connectivity index (χ4v) is 4.11. The summed E-state index contributed by atoms with van der Waals surface area (Å²) in [7, 11) is 0. The van der Waals surface area contributed by atoms with Gasteiger partial charge in [-0.05, 0) is 61.0 Å². The summed E-state index contributed by atoms with van der Waals surface area (Å²) in [5.41, 5.74) is 8.28. The van der Waals surface area contributed by atoms with E-state index >= 15 is 0 Å². The molecule has 0 saturated carbocycles. The van der Waals surface area contributed by atoms with Gasteiger partial charge in [-0.1, -0.05) is 18.6 Å². The van der Waals surface area contributed by atoms with Gasteiger partial charge in [0.25, 0.3) is 0 Å². The van der Waals surface area contributed by atoms with Gasteiger partial charge in [0.15, 0.2) is 0 Å². The summed E-state index contributed by atoms with van der Waals surface area (Å²) in [6.45, 7) is 4.63. The van der Waals surface area contributed by atoms with Crippen molar-refractivity contribution in [2.45, 2.75) is 25.8 Å². The Morgan fingerprint density at radius 3 is 2.59 bits per heavy atom. The van der Waals surface area contributed by atoms with Crippen LogP contribution < -0.4 is 5.73 Å². The molecule has 4 rings (SSSR count). The standard InChI is InChI=1S/C20H24N4S.2ClH/c21-20(19-5-4-14-25-19)22-17-7-6-16-8-11-24(18(16)15-17)13-12-23-9-2-1-3-10-23;;/h4-8,11,14-15H,1-3,9-10,12-13H2,(H2,21,22);2*1H. The average Bonchev–Trinajstić information content (AvgIpc) is 3.31. The van der Waals surface area contributed by atoms with E-state index in [9.17, 15) is 0 Å². The molecule has 4 nitrogen and oxygen atoms in total. The van der Waals surface area contributed by atoms with Crippen LogP contribution in [0.15, 0.2) is 53.0 Å². The minimum Gasteiger partial charge on any atom is -0.383 e. The summed E-state index contributed by atoms with van der Waals surface area (Å²) < 4.78 is 2.34.